The number of rotatable bonds is 2. The molecule has 12 heavy (non-hydrogen) atoms. The molecule has 0 spiro atoms. The Labute approximate surface area is 80.0 Å². The van der Waals surface area contributed by atoms with Crippen LogP contribution in [-0.4, -0.2) is 11.0 Å². The van der Waals surface area contributed by atoms with E-state index in [0.29, 0.717) is 16.1 Å². The summed E-state index contributed by atoms with van der Waals surface area (Å²) in [4.78, 5) is 4.43. The first-order chi connectivity index (χ1) is 5.63. The van der Waals surface area contributed by atoms with Crippen LogP contribution in [0.25, 0.3) is 0 Å². The summed E-state index contributed by atoms with van der Waals surface area (Å²) in [5, 5.41) is 12.6. The van der Waals surface area contributed by atoms with E-state index in [4.69, 9.17) is 16.9 Å². The molecule has 0 radical (unpaired) electrons. The van der Waals surface area contributed by atoms with Gasteiger partial charge >= 0.3 is 0 Å². The molecular formula is C7H8ClN3S. The van der Waals surface area contributed by atoms with Crippen molar-refractivity contribution in [3.8, 4) is 6.07 Å². The first kappa shape index (κ1) is 9.30. The molecule has 0 aliphatic heterocycles. The van der Waals surface area contributed by atoms with Gasteiger partial charge < -0.3 is 5.32 Å². The van der Waals surface area contributed by atoms with E-state index in [2.05, 4.69) is 10.3 Å². The van der Waals surface area contributed by atoms with Gasteiger partial charge in [0.2, 0.25) is 0 Å². The zero-order valence-electron chi connectivity index (χ0n) is 6.76. The number of aromatic nitrogens is 1. The average molecular weight is 202 g/mol. The maximum atomic E-state index is 8.57. The van der Waals surface area contributed by atoms with Crippen molar-refractivity contribution in [1.82, 2.24) is 4.98 Å². The molecule has 1 heterocycles. The lowest BCUT2D eigenvalue weighted by Crippen LogP contribution is -2.08. The lowest BCUT2D eigenvalue weighted by molar-refractivity contribution is 0.896. The summed E-state index contributed by atoms with van der Waals surface area (Å²) in [5.41, 5.74) is 0. The number of hydrogen-bond acceptors (Lipinski definition) is 4. The van der Waals surface area contributed by atoms with Gasteiger partial charge in [-0.05, 0) is 13.8 Å². The molecule has 64 valence electrons. The molecule has 1 rings (SSSR count). The van der Waals surface area contributed by atoms with E-state index >= 15 is 0 Å². The zero-order valence-corrected chi connectivity index (χ0v) is 8.33. The molecule has 0 saturated heterocycles. The third kappa shape index (κ3) is 2.10. The van der Waals surface area contributed by atoms with E-state index in [1.165, 1.54) is 11.3 Å². The van der Waals surface area contributed by atoms with Crippen LogP contribution in [0.1, 0.15) is 18.7 Å². The molecule has 0 saturated carbocycles. The SMILES string of the molecule is CC(C)Nc1nc(Cl)c(C#N)s1. The third-order valence-corrected chi connectivity index (χ3v) is 2.38. The number of hydrogen-bond donors (Lipinski definition) is 1. The number of anilines is 1. The minimum atomic E-state index is 0.283. The van der Waals surface area contributed by atoms with Gasteiger partial charge in [0.05, 0.1) is 0 Å². The summed E-state index contributed by atoms with van der Waals surface area (Å²) >= 11 is 6.94. The van der Waals surface area contributed by atoms with Gasteiger partial charge in [0.15, 0.2) is 10.3 Å². The van der Waals surface area contributed by atoms with E-state index in [1.807, 2.05) is 19.9 Å². The summed E-state index contributed by atoms with van der Waals surface area (Å²) in [6.45, 7) is 4.00. The Balaban J connectivity index is 2.84. The van der Waals surface area contributed by atoms with Crippen LogP contribution in [0.3, 0.4) is 0 Å². The van der Waals surface area contributed by atoms with Crippen molar-refractivity contribution in [3.05, 3.63) is 10.0 Å². The lowest BCUT2D eigenvalue weighted by Gasteiger charge is -2.03. The van der Waals surface area contributed by atoms with Gasteiger partial charge in [0.25, 0.3) is 0 Å². The molecular weight excluding hydrogens is 194 g/mol. The Morgan fingerprint density at radius 1 is 1.67 bits per heavy atom. The Morgan fingerprint density at radius 3 is 2.75 bits per heavy atom. The van der Waals surface area contributed by atoms with Crippen LogP contribution in [0.15, 0.2) is 0 Å². The van der Waals surface area contributed by atoms with E-state index in [1.54, 1.807) is 0 Å². The summed E-state index contributed by atoms with van der Waals surface area (Å²) in [5.74, 6) is 0. The highest BCUT2D eigenvalue weighted by Gasteiger charge is 2.08. The zero-order chi connectivity index (χ0) is 9.14. The van der Waals surface area contributed by atoms with Crippen molar-refractivity contribution in [3.63, 3.8) is 0 Å². The minimum absolute atomic E-state index is 0.283. The van der Waals surface area contributed by atoms with Gasteiger partial charge in [0.1, 0.15) is 10.9 Å². The molecule has 0 amide bonds. The molecule has 3 nitrogen and oxygen atoms in total. The second-order valence-electron chi connectivity index (χ2n) is 2.55. The Kier molecular flexibility index (Phi) is 2.90. The molecule has 0 bridgehead atoms. The highest BCUT2D eigenvalue weighted by molar-refractivity contribution is 7.16. The lowest BCUT2D eigenvalue weighted by atomic mass is 10.4. The number of nitrogens with one attached hydrogen (secondary N) is 1. The standard InChI is InChI=1S/C7H8ClN3S/c1-4(2)10-7-11-6(8)5(3-9)12-7/h4H,1-2H3,(H,10,11). The predicted octanol–water partition coefficient (Wildman–Crippen LogP) is 2.49. The maximum Gasteiger partial charge on any atom is 0.185 e. The van der Waals surface area contributed by atoms with Gasteiger partial charge in [0, 0.05) is 6.04 Å². The fourth-order valence-corrected chi connectivity index (χ4v) is 1.77. The molecule has 1 N–H and O–H groups in total. The number of nitriles is 1. The van der Waals surface area contributed by atoms with Crippen LogP contribution in [-0.2, 0) is 0 Å². The van der Waals surface area contributed by atoms with Gasteiger partial charge in [-0.25, -0.2) is 4.98 Å². The third-order valence-electron chi connectivity index (χ3n) is 1.10. The van der Waals surface area contributed by atoms with Crippen LogP contribution in [0.4, 0.5) is 5.13 Å². The first-order valence-corrected chi connectivity index (χ1v) is 4.66. The highest BCUT2D eigenvalue weighted by Crippen LogP contribution is 2.25. The van der Waals surface area contributed by atoms with Gasteiger partial charge in [-0.2, -0.15) is 5.26 Å². The smallest absolute Gasteiger partial charge is 0.185 e. The Bertz CT molecular complexity index is 313. The van der Waals surface area contributed by atoms with Crippen molar-refractivity contribution in [2.75, 3.05) is 5.32 Å². The fraction of sp³-hybridized carbons (Fsp3) is 0.429. The second-order valence-corrected chi connectivity index (χ2v) is 3.91. The summed E-state index contributed by atoms with van der Waals surface area (Å²) in [6, 6.07) is 2.28. The normalized spacial score (nSPS) is 9.92. The molecule has 0 aliphatic carbocycles. The van der Waals surface area contributed by atoms with Gasteiger partial charge in [-0.1, -0.05) is 22.9 Å². The predicted molar refractivity (Wildman–Crippen MR) is 50.6 cm³/mol. The molecule has 0 atom stereocenters. The highest BCUT2D eigenvalue weighted by atomic mass is 35.5. The molecule has 0 aromatic carbocycles. The number of thiazole rings is 1. The monoisotopic (exact) mass is 201 g/mol. The molecule has 5 heteroatoms. The van der Waals surface area contributed by atoms with Gasteiger partial charge in [-0.15, -0.1) is 0 Å². The number of halogens is 1. The molecule has 1 aromatic rings. The number of nitrogens with zero attached hydrogens (tertiary/aromatic N) is 2. The summed E-state index contributed by atoms with van der Waals surface area (Å²) in [7, 11) is 0. The Hall–Kier alpha value is -0.790. The van der Waals surface area contributed by atoms with Crippen LogP contribution in [0.2, 0.25) is 5.15 Å². The minimum Gasteiger partial charge on any atom is -0.359 e. The fourth-order valence-electron chi connectivity index (χ4n) is 0.679. The largest absolute Gasteiger partial charge is 0.359 e. The Morgan fingerprint density at radius 2 is 2.33 bits per heavy atom. The van der Waals surface area contributed by atoms with Crippen molar-refractivity contribution in [2.24, 2.45) is 0 Å². The van der Waals surface area contributed by atoms with Crippen LogP contribution < -0.4 is 5.32 Å². The second kappa shape index (κ2) is 3.74. The first-order valence-electron chi connectivity index (χ1n) is 3.46. The van der Waals surface area contributed by atoms with Crippen molar-refractivity contribution in [1.29, 1.82) is 5.26 Å². The molecule has 0 aliphatic rings. The van der Waals surface area contributed by atoms with Crippen LogP contribution in [0, 0.1) is 11.3 Å². The quantitative estimate of drug-likeness (QED) is 0.800. The van der Waals surface area contributed by atoms with Crippen molar-refractivity contribution >= 4 is 28.1 Å². The van der Waals surface area contributed by atoms with E-state index in [0.717, 1.165) is 0 Å². The van der Waals surface area contributed by atoms with Crippen LogP contribution in [0.5, 0.6) is 0 Å². The average Bonchev–Trinajstić information content (AvgIpc) is 2.29. The maximum absolute atomic E-state index is 8.57. The van der Waals surface area contributed by atoms with Crippen LogP contribution >= 0.6 is 22.9 Å². The summed E-state index contributed by atoms with van der Waals surface area (Å²) < 4.78 is 0. The summed E-state index contributed by atoms with van der Waals surface area (Å²) in [6.07, 6.45) is 0. The van der Waals surface area contributed by atoms with Gasteiger partial charge in [-0.3, -0.25) is 0 Å². The van der Waals surface area contributed by atoms with E-state index in [-0.39, 0.29) is 5.15 Å². The molecule has 1 aromatic heterocycles. The molecule has 0 unspecified atom stereocenters. The van der Waals surface area contributed by atoms with Crippen molar-refractivity contribution in [2.45, 2.75) is 19.9 Å². The topological polar surface area (TPSA) is 48.7 Å². The molecule has 0 fully saturated rings. The van der Waals surface area contributed by atoms with E-state index in [9.17, 15) is 0 Å². The van der Waals surface area contributed by atoms with E-state index < -0.39 is 0 Å². The van der Waals surface area contributed by atoms with Crippen molar-refractivity contribution < 1.29 is 0 Å².